The van der Waals surface area contributed by atoms with Gasteiger partial charge in [0.2, 0.25) is 0 Å². The number of para-hydroxylation sites is 4. The zero-order valence-electron chi connectivity index (χ0n) is 64.4. The fraction of sp³-hybridized carbons (Fsp3) is 0.173. The molecule has 0 saturated carbocycles. The maximum absolute atomic E-state index is 2.58. The number of hydrogen-bond acceptors (Lipinski definition) is 2. The predicted molar refractivity (Wildman–Crippen MR) is 465 cm³/mol. The molecule has 0 saturated heterocycles. The molecular weight excluding hydrogens is 1310 g/mol. The molecule has 108 heavy (non-hydrogen) atoms. The Bertz CT molecular complexity index is 6240. The zero-order valence-corrected chi connectivity index (χ0v) is 64.4. The summed E-state index contributed by atoms with van der Waals surface area (Å²) >= 11 is 0. The molecule has 0 aliphatic heterocycles. The summed E-state index contributed by atoms with van der Waals surface area (Å²) in [6.07, 6.45) is 2.14. The number of rotatable bonds is 15. The fourth-order valence-corrected chi connectivity index (χ4v) is 16.9. The predicted octanol–water partition coefficient (Wildman–Crippen LogP) is 29.8. The lowest BCUT2D eigenvalue weighted by molar-refractivity contribution is 0.471. The zero-order chi connectivity index (χ0) is 74.4. The average Bonchev–Trinajstić information content (AvgIpc) is 0.815. The van der Waals surface area contributed by atoms with Gasteiger partial charge in [0.1, 0.15) is 0 Å². The van der Waals surface area contributed by atoms with Gasteiger partial charge in [0, 0.05) is 67.0 Å². The van der Waals surface area contributed by atoms with Crippen molar-refractivity contribution in [3.63, 3.8) is 0 Å². The van der Waals surface area contributed by atoms with Crippen LogP contribution in [0.15, 0.2) is 328 Å². The van der Waals surface area contributed by atoms with E-state index in [0.29, 0.717) is 0 Å². The largest absolute Gasteiger partial charge is 0.310 e. The molecule has 4 nitrogen and oxygen atoms in total. The number of hydrogen-bond donors (Lipinski definition) is 0. The molecule has 0 atom stereocenters. The summed E-state index contributed by atoms with van der Waals surface area (Å²) in [5.74, 6) is 0. The van der Waals surface area contributed by atoms with Crippen molar-refractivity contribution in [2.45, 2.75) is 118 Å². The highest BCUT2D eigenvalue weighted by Crippen LogP contribution is 2.53. The third-order valence-electron chi connectivity index (χ3n) is 22.6. The molecule has 4 heteroatoms. The van der Waals surface area contributed by atoms with E-state index in [1.54, 1.807) is 0 Å². The van der Waals surface area contributed by atoms with Gasteiger partial charge in [0.05, 0.1) is 22.1 Å². The molecule has 0 N–H and O–H groups in total. The summed E-state index contributed by atoms with van der Waals surface area (Å²) in [6.45, 7) is 28.4. The lowest BCUT2D eigenvalue weighted by Crippen LogP contribution is -2.21. The first-order chi connectivity index (χ1) is 52.2. The van der Waals surface area contributed by atoms with Crippen LogP contribution in [0, 0.1) is 0 Å². The second kappa shape index (κ2) is 27.1. The van der Waals surface area contributed by atoms with Crippen molar-refractivity contribution in [3.8, 4) is 55.9 Å². The monoisotopic (exact) mass is 1400 g/mol. The Morgan fingerprint density at radius 1 is 0.241 bits per heavy atom. The Balaban J connectivity index is 1.00. The second-order valence-electron chi connectivity index (χ2n) is 33.4. The lowest BCUT2D eigenvalue weighted by Gasteiger charge is -2.33. The number of anilines is 6. The molecule has 0 aliphatic rings. The van der Waals surface area contributed by atoms with Crippen LogP contribution in [0.2, 0.25) is 0 Å². The molecule has 17 rings (SSSR count). The Morgan fingerprint density at radius 2 is 0.602 bits per heavy atom. The number of aromatic nitrogens is 2. The average molecular weight is 1400 g/mol. The minimum absolute atomic E-state index is 0.0997. The van der Waals surface area contributed by atoms with Crippen LogP contribution < -0.4 is 9.80 Å². The summed E-state index contributed by atoms with van der Waals surface area (Å²) in [5.41, 5.74) is 27.5. The van der Waals surface area contributed by atoms with Crippen LogP contribution in [0.4, 0.5) is 34.1 Å². The first kappa shape index (κ1) is 69.1. The van der Waals surface area contributed by atoms with E-state index < -0.39 is 0 Å². The van der Waals surface area contributed by atoms with E-state index in [-0.39, 0.29) is 21.7 Å². The van der Waals surface area contributed by atoms with Gasteiger partial charge in [-0.2, -0.15) is 0 Å². The number of nitrogens with zero attached hydrogens (tertiary/aromatic N) is 4. The molecule has 530 valence electrons. The van der Waals surface area contributed by atoms with Crippen molar-refractivity contribution in [2.24, 2.45) is 0 Å². The van der Waals surface area contributed by atoms with E-state index in [4.69, 9.17) is 0 Å². The normalized spacial score (nSPS) is 12.3. The van der Waals surface area contributed by atoms with Crippen LogP contribution in [-0.2, 0) is 21.7 Å². The highest BCUT2D eigenvalue weighted by Gasteiger charge is 2.31. The highest BCUT2D eigenvalue weighted by atomic mass is 15.2. The van der Waals surface area contributed by atoms with Crippen molar-refractivity contribution >= 4 is 99.3 Å². The molecule has 0 spiro atoms. The standard InChI is InChI=1S/C104H94N4/c1-13-57-104(11,12)76-60-75(103(8,9)10)63-84(64-76)106(82-52-56-98-92(66-82)87-45-29-31-48-96(87)108(98)78-41-24-17-25-42-78)80-49-53-89-94(68-80)100(88-46-27-26-43-85(88)70-35-20-15-21-36-70)90-54-50-79(67-93(90)99(89)72-38-32-37-71(58-72)69-33-18-14-19-34-69)105(83-61-73(101(2,3)4)59-74(62-83)102(5,6)7)81-51-55-97-91(65-81)86-44-28-30-47-95(86)107(97)77-39-22-16-23-40-77/h14-56,58-68H,13,57H2,1-12H3. The van der Waals surface area contributed by atoms with Gasteiger partial charge < -0.3 is 18.9 Å². The number of benzene rings is 15. The number of fused-ring (bicyclic) bond motifs is 8. The fourth-order valence-electron chi connectivity index (χ4n) is 16.9. The van der Waals surface area contributed by atoms with Crippen molar-refractivity contribution in [1.82, 2.24) is 9.13 Å². The summed E-state index contributed by atoms with van der Waals surface area (Å²) < 4.78 is 4.85. The molecule has 17 aromatic rings. The van der Waals surface area contributed by atoms with E-state index in [9.17, 15) is 0 Å². The minimum Gasteiger partial charge on any atom is -0.310 e. The molecule has 0 fully saturated rings. The second-order valence-corrected chi connectivity index (χ2v) is 33.4. The van der Waals surface area contributed by atoms with Crippen LogP contribution in [0.1, 0.15) is 118 Å². The summed E-state index contributed by atoms with van der Waals surface area (Å²) in [6, 6.07) is 124. The molecular formula is C104H94N4. The minimum atomic E-state index is -0.153. The van der Waals surface area contributed by atoms with Crippen molar-refractivity contribution in [3.05, 3.63) is 350 Å². The van der Waals surface area contributed by atoms with Gasteiger partial charge in [-0.25, -0.2) is 0 Å². The molecule has 2 aromatic heterocycles. The van der Waals surface area contributed by atoms with E-state index in [1.165, 1.54) is 77.1 Å². The third-order valence-corrected chi connectivity index (χ3v) is 22.6. The smallest absolute Gasteiger partial charge is 0.0542 e. The van der Waals surface area contributed by atoms with Gasteiger partial charge in [0.15, 0.2) is 0 Å². The van der Waals surface area contributed by atoms with Crippen LogP contribution in [0.25, 0.3) is 121 Å². The van der Waals surface area contributed by atoms with E-state index >= 15 is 0 Å². The maximum atomic E-state index is 2.58. The summed E-state index contributed by atoms with van der Waals surface area (Å²) in [4.78, 5) is 5.13. The SMILES string of the molecule is CCCC(C)(C)c1cc(N(c2ccc3c(-c4cccc(-c5ccccc5)c4)c4cc(N(c5cc(C(C)(C)C)cc(C(C)(C)C)c5)c5ccc6c(c5)c5ccccc5n6-c5ccccc5)ccc4c(-c4ccccc4-c4ccccc4)c3c2)c2ccc3c(c2)c2ccccc2n3-c2ccccc2)cc(C(C)(C)C)c1. The molecule has 2 heterocycles. The Kier molecular flexibility index (Phi) is 17.3. The molecule has 0 aliphatic carbocycles. The van der Waals surface area contributed by atoms with Crippen LogP contribution in [0.5, 0.6) is 0 Å². The van der Waals surface area contributed by atoms with Crippen LogP contribution >= 0.6 is 0 Å². The lowest BCUT2D eigenvalue weighted by atomic mass is 9.77. The molecule has 0 radical (unpaired) electrons. The van der Waals surface area contributed by atoms with Gasteiger partial charge in [-0.3, -0.25) is 0 Å². The third kappa shape index (κ3) is 12.5. The van der Waals surface area contributed by atoms with Gasteiger partial charge in [0.25, 0.3) is 0 Å². The summed E-state index contributed by atoms with van der Waals surface area (Å²) in [7, 11) is 0. The molecule has 0 unspecified atom stereocenters. The Morgan fingerprint density at radius 3 is 1.08 bits per heavy atom. The van der Waals surface area contributed by atoms with Crippen LogP contribution in [-0.4, -0.2) is 9.13 Å². The highest BCUT2D eigenvalue weighted by molar-refractivity contribution is 6.24. The van der Waals surface area contributed by atoms with E-state index in [2.05, 4.69) is 430 Å². The van der Waals surface area contributed by atoms with Gasteiger partial charge >= 0.3 is 0 Å². The Labute approximate surface area is 637 Å². The quantitative estimate of drug-likeness (QED) is 0.0951. The van der Waals surface area contributed by atoms with Crippen molar-refractivity contribution in [1.29, 1.82) is 0 Å². The first-order valence-electron chi connectivity index (χ1n) is 38.6. The van der Waals surface area contributed by atoms with Crippen molar-refractivity contribution < 1.29 is 0 Å². The van der Waals surface area contributed by atoms with E-state index in [0.717, 1.165) is 113 Å². The van der Waals surface area contributed by atoms with Gasteiger partial charge in [-0.1, -0.05) is 290 Å². The summed E-state index contributed by atoms with van der Waals surface area (Å²) in [5, 5.41) is 9.45. The maximum Gasteiger partial charge on any atom is 0.0542 e. The van der Waals surface area contributed by atoms with Crippen LogP contribution in [0.3, 0.4) is 0 Å². The Hall–Kier alpha value is -12.0. The molecule has 15 aromatic carbocycles. The van der Waals surface area contributed by atoms with Gasteiger partial charge in [-0.05, 0) is 244 Å². The first-order valence-corrected chi connectivity index (χ1v) is 38.6. The van der Waals surface area contributed by atoms with Crippen molar-refractivity contribution in [2.75, 3.05) is 9.80 Å². The molecule has 0 bridgehead atoms. The van der Waals surface area contributed by atoms with Gasteiger partial charge in [-0.15, -0.1) is 0 Å². The van der Waals surface area contributed by atoms with E-state index in [1.807, 2.05) is 0 Å². The topological polar surface area (TPSA) is 16.3 Å². The molecule has 0 amide bonds.